The summed E-state index contributed by atoms with van der Waals surface area (Å²) in [5, 5.41) is 3.53. The molecule has 1 aliphatic heterocycles. The van der Waals surface area contributed by atoms with Crippen molar-refractivity contribution in [3.05, 3.63) is 75.9 Å². The summed E-state index contributed by atoms with van der Waals surface area (Å²) in [5.74, 6) is -1.30. The number of hydrogen-bond acceptors (Lipinski definition) is 4. The maximum atomic E-state index is 13.1. The zero-order chi connectivity index (χ0) is 25.5. The lowest BCUT2D eigenvalue weighted by atomic mass is 9.99. The Labute approximate surface area is 214 Å². The summed E-state index contributed by atoms with van der Waals surface area (Å²) in [6, 6.07) is 10.1. The normalized spacial score (nSPS) is 17.1. The number of primary amides is 1. The average Bonchev–Trinajstić information content (AvgIpc) is 2.83. The molecule has 7 nitrogen and oxygen atoms in total. The highest BCUT2D eigenvalue weighted by Gasteiger charge is 2.36. The molecule has 0 saturated carbocycles. The fourth-order valence-corrected chi connectivity index (χ4v) is 4.57. The van der Waals surface area contributed by atoms with Gasteiger partial charge < -0.3 is 16.0 Å². The van der Waals surface area contributed by atoms with Crippen molar-refractivity contribution >= 4 is 40.9 Å². The lowest BCUT2D eigenvalue weighted by Gasteiger charge is -2.43. The second-order valence-electron chi connectivity index (χ2n) is 8.47. The van der Waals surface area contributed by atoms with Gasteiger partial charge in [0.1, 0.15) is 5.82 Å². The summed E-state index contributed by atoms with van der Waals surface area (Å²) in [5.41, 5.74) is 7.12. The minimum Gasteiger partial charge on any atom is -0.370 e. The first-order valence-corrected chi connectivity index (χ1v) is 12.0. The van der Waals surface area contributed by atoms with Gasteiger partial charge in [0.2, 0.25) is 17.7 Å². The third-order valence-electron chi connectivity index (χ3n) is 6.06. The van der Waals surface area contributed by atoms with E-state index in [9.17, 15) is 18.8 Å². The molecule has 2 aromatic rings. The number of nitrogens with two attached hydrogens (primary N) is 1. The van der Waals surface area contributed by atoms with E-state index < -0.39 is 18.0 Å². The van der Waals surface area contributed by atoms with Crippen molar-refractivity contribution in [3.8, 4) is 0 Å². The Hall–Kier alpha value is -2.68. The summed E-state index contributed by atoms with van der Waals surface area (Å²) >= 11 is 12.2. The van der Waals surface area contributed by atoms with Crippen molar-refractivity contribution in [2.45, 2.75) is 31.3 Å². The van der Waals surface area contributed by atoms with Crippen LogP contribution >= 0.6 is 23.2 Å². The van der Waals surface area contributed by atoms with Crippen LogP contribution in [0.1, 0.15) is 17.5 Å². The maximum Gasteiger partial charge on any atom is 0.237 e. The minimum absolute atomic E-state index is 0.0279. The molecule has 0 spiro atoms. The monoisotopic (exact) mass is 521 g/mol. The number of rotatable bonds is 9. The van der Waals surface area contributed by atoms with Crippen molar-refractivity contribution in [3.63, 3.8) is 0 Å². The van der Waals surface area contributed by atoms with Crippen LogP contribution in [0.15, 0.2) is 42.5 Å². The standard InChI is InChI=1S/C25H28Cl2FN4O3/c1-30-25(35)22(13-17-4-8-20(26)21(27)12-17)31-10-11-32(19(15-31)14-23(29)33)24(34)9-5-16-2-6-18(28)7-3-16/h2-4,6-9,12,19,22H,5,10-11,13-15H2,1H3,(H2,29,33)(H,30,35). The van der Waals surface area contributed by atoms with Gasteiger partial charge in [-0.25, -0.2) is 4.39 Å². The number of nitrogens with one attached hydrogen (secondary N) is 1. The van der Waals surface area contributed by atoms with E-state index in [-0.39, 0.29) is 24.1 Å². The number of carbonyl (C=O) groups is 3. The van der Waals surface area contributed by atoms with Crippen molar-refractivity contribution in [2.75, 3.05) is 26.7 Å². The smallest absolute Gasteiger partial charge is 0.237 e. The topological polar surface area (TPSA) is 95.7 Å². The first-order chi connectivity index (χ1) is 16.7. The van der Waals surface area contributed by atoms with Crippen LogP contribution in [0.2, 0.25) is 10.0 Å². The molecule has 1 saturated heterocycles. The Kier molecular flexibility index (Phi) is 9.48. The van der Waals surface area contributed by atoms with Crippen LogP contribution < -0.4 is 11.1 Å². The Morgan fingerprint density at radius 3 is 2.43 bits per heavy atom. The second kappa shape index (κ2) is 12.3. The molecule has 0 aromatic heterocycles. The fourth-order valence-electron chi connectivity index (χ4n) is 4.25. The van der Waals surface area contributed by atoms with Gasteiger partial charge in [-0.2, -0.15) is 0 Å². The van der Waals surface area contributed by atoms with Crippen LogP contribution in [0.5, 0.6) is 0 Å². The van der Waals surface area contributed by atoms with Crippen LogP contribution in [0.4, 0.5) is 4.39 Å². The van der Waals surface area contributed by atoms with Gasteiger partial charge in [0.25, 0.3) is 0 Å². The van der Waals surface area contributed by atoms with E-state index in [0.29, 0.717) is 42.5 Å². The van der Waals surface area contributed by atoms with Gasteiger partial charge in [0.15, 0.2) is 0 Å². The van der Waals surface area contributed by atoms with E-state index in [1.807, 2.05) is 11.0 Å². The quantitative estimate of drug-likeness (QED) is 0.530. The highest BCUT2D eigenvalue weighted by molar-refractivity contribution is 6.42. The van der Waals surface area contributed by atoms with Gasteiger partial charge in [0.05, 0.1) is 28.5 Å². The Morgan fingerprint density at radius 1 is 1.11 bits per heavy atom. The molecule has 2 atom stereocenters. The molecule has 35 heavy (non-hydrogen) atoms. The van der Waals surface area contributed by atoms with Crippen molar-refractivity contribution < 1.29 is 18.8 Å². The first kappa shape index (κ1) is 26.9. The summed E-state index contributed by atoms with van der Waals surface area (Å²) in [7, 11) is 1.56. The number of carbonyl (C=O) groups excluding carboxylic acids is 3. The Balaban J connectivity index is 1.72. The predicted molar refractivity (Wildman–Crippen MR) is 133 cm³/mol. The predicted octanol–water partition coefficient (Wildman–Crippen LogP) is 2.62. The fraction of sp³-hybridized carbons (Fsp3) is 0.360. The van der Waals surface area contributed by atoms with Crippen LogP contribution in [0.3, 0.4) is 0 Å². The van der Waals surface area contributed by atoms with Crippen LogP contribution in [0.25, 0.3) is 0 Å². The van der Waals surface area contributed by atoms with Gasteiger partial charge >= 0.3 is 0 Å². The highest BCUT2D eigenvalue weighted by atomic mass is 35.5. The lowest BCUT2D eigenvalue weighted by molar-refractivity contribution is -0.136. The van der Waals surface area contributed by atoms with E-state index in [0.717, 1.165) is 11.1 Å². The molecule has 3 rings (SSSR count). The molecular weight excluding hydrogens is 494 g/mol. The minimum atomic E-state index is -0.534. The van der Waals surface area contributed by atoms with Crippen molar-refractivity contribution in [1.29, 1.82) is 0 Å². The molecular formula is C25H28Cl2FN4O3. The third-order valence-corrected chi connectivity index (χ3v) is 6.80. The van der Waals surface area contributed by atoms with E-state index >= 15 is 0 Å². The molecule has 1 radical (unpaired) electrons. The van der Waals surface area contributed by atoms with Crippen LogP contribution in [0, 0.1) is 12.2 Å². The second-order valence-corrected chi connectivity index (χ2v) is 9.28. The number of nitrogens with zero attached hydrogens (tertiary/aromatic N) is 2. The van der Waals surface area contributed by atoms with E-state index in [1.165, 1.54) is 18.6 Å². The summed E-state index contributed by atoms with van der Waals surface area (Å²) < 4.78 is 13.1. The number of hydrogen-bond donors (Lipinski definition) is 2. The number of benzene rings is 2. The number of amides is 3. The highest BCUT2D eigenvalue weighted by Crippen LogP contribution is 2.25. The lowest BCUT2D eigenvalue weighted by Crippen LogP contribution is -2.61. The Morgan fingerprint density at radius 2 is 1.80 bits per heavy atom. The SMILES string of the molecule is CNC(=O)C(Cc1ccc(Cl)c(Cl)c1)N1CCN(C(=O)[CH]Cc2ccc(F)cc2)C(CC(N)=O)C1. The van der Waals surface area contributed by atoms with Gasteiger partial charge in [-0.1, -0.05) is 41.4 Å². The van der Waals surface area contributed by atoms with Crippen molar-refractivity contribution in [1.82, 2.24) is 15.1 Å². The zero-order valence-corrected chi connectivity index (χ0v) is 20.9. The van der Waals surface area contributed by atoms with Gasteiger partial charge in [-0.15, -0.1) is 0 Å². The maximum absolute atomic E-state index is 13.1. The van der Waals surface area contributed by atoms with Crippen LogP contribution in [-0.4, -0.2) is 66.3 Å². The molecule has 3 amide bonds. The molecule has 1 aliphatic rings. The number of piperazine rings is 1. The molecule has 1 fully saturated rings. The molecule has 0 aliphatic carbocycles. The summed E-state index contributed by atoms with van der Waals surface area (Å²) in [6.45, 7) is 1.06. The molecule has 1 heterocycles. The molecule has 3 N–H and O–H groups in total. The molecule has 10 heteroatoms. The summed E-state index contributed by atoms with van der Waals surface area (Å²) in [6.07, 6.45) is 2.20. The van der Waals surface area contributed by atoms with Gasteiger partial charge in [-0.05, 0) is 48.2 Å². The largest absolute Gasteiger partial charge is 0.370 e. The van der Waals surface area contributed by atoms with E-state index in [4.69, 9.17) is 28.9 Å². The molecule has 2 unspecified atom stereocenters. The molecule has 2 aromatic carbocycles. The van der Waals surface area contributed by atoms with Crippen LogP contribution in [-0.2, 0) is 27.2 Å². The Bertz CT molecular complexity index is 1070. The van der Waals surface area contributed by atoms with Gasteiger partial charge in [-0.3, -0.25) is 19.3 Å². The molecule has 0 bridgehead atoms. The number of likely N-dealkylation sites (N-methyl/N-ethyl adjacent to an activating group) is 1. The third kappa shape index (κ3) is 7.40. The van der Waals surface area contributed by atoms with E-state index in [2.05, 4.69) is 5.32 Å². The van der Waals surface area contributed by atoms with Crippen molar-refractivity contribution in [2.24, 2.45) is 5.73 Å². The first-order valence-electron chi connectivity index (χ1n) is 11.2. The zero-order valence-electron chi connectivity index (χ0n) is 19.3. The number of halogens is 3. The van der Waals surface area contributed by atoms with Gasteiger partial charge in [0, 0.05) is 33.1 Å². The average molecular weight is 522 g/mol. The molecule has 187 valence electrons. The van der Waals surface area contributed by atoms with E-state index in [1.54, 1.807) is 36.2 Å². The summed E-state index contributed by atoms with van der Waals surface area (Å²) in [4.78, 5) is 41.1.